The molecule has 0 radical (unpaired) electrons. The minimum absolute atomic E-state index is 0.120. The SMILES string of the molecule is COc1ccc(OCCN2C(=O)C(c3ccc(C)c(C)c3)=C(N(C)CCO)C2=O)cc1. The van der Waals surface area contributed by atoms with Crippen LogP contribution in [0.5, 0.6) is 11.5 Å². The number of rotatable bonds is 9. The molecule has 2 amide bonds. The molecule has 0 saturated carbocycles. The molecular weight excluding hydrogens is 396 g/mol. The van der Waals surface area contributed by atoms with Crippen LogP contribution in [0.4, 0.5) is 0 Å². The largest absolute Gasteiger partial charge is 0.497 e. The van der Waals surface area contributed by atoms with Gasteiger partial charge in [-0.25, -0.2) is 0 Å². The van der Waals surface area contributed by atoms with Gasteiger partial charge in [-0.1, -0.05) is 18.2 Å². The Hall–Kier alpha value is -3.32. The highest BCUT2D eigenvalue weighted by Crippen LogP contribution is 2.32. The van der Waals surface area contributed by atoms with Crippen molar-refractivity contribution in [1.82, 2.24) is 9.80 Å². The number of hydrogen-bond acceptors (Lipinski definition) is 6. The van der Waals surface area contributed by atoms with Crippen LogP contribution in [-0.4, -0.2) is 67.2 Å². The van der Waals surface area contributed by atoms with Crippen LogP contribution >= 0.6 is 0 Å². The molecule has 7 heteroatoms. The number of aryl methyl sites for hydroxylation is 2. The normalized spacial score (nSPS) is 13.8. The van der Waals surface area contributed by atoms with Gasteiger partial charge in [0.25, 0.3) is 11.8 Å². The number of likely N-dealkylation sites (N-methyl/N-ethyl adjacent to an activating group) is 1. The number of carbonyl (C=O) groups excluding carboxylic acids is 2. The average molecular weight is 424 g/mol. The second kappa shape index (κ2) is 9.66. The van der Waals surface area contributed by atoms with E-state index in [1.165, 1.54) is 4.90 Å². The Morgan fingerprint density at radius 1 is 0.968 bits per heavy atom. The maximum Gasteiger partial charge on any atom is 0.277 e. The lowest BCUT2D eigenvalue weighted by Gasteiger charge is -2.20. The summed E-state index contributed by atoms with van der Waals surface area (Å²) in [6.07, 6.45) is 0. The third-order valence-corrected chi connectivity index (χ3v) is 5.40. The topological polar surface area (TPSA) is 79.3 Å². The number of methoxy groups -OCH3 is 1. The molecule has 0 atom stereocenters. The van der Waals surface area contributed by atoms with Gasteiger partial charge in [0.05, 0.1) is 25.8 Å². The molecule has 1 aliphatic heterocycles. The van der Waals surface area contributed by atoms with Crippen molar-refractivity contribution in [2.24, 2.45) is 0 Å². The van der Waals surface area contributed by atoms with Crippen molar-refractivity contribution in [2.45, 2.75) is 13.8 Å². The Kier molecular flexibility index (Phi) is 6.97. The van der Waals surface area contributed by atoms with Crippen molar-refractivity contribution in [1.29, 1.82) is 0 Å². The van der Waals surface area contributed by atoms with Gasteiger partial charge in [-0.05, 0) is 54.8 Å². The highest BCUT2D eigenvalue weighted by Gasteiger charge is 2.40. The zero-order chi connectivity index (χ0) is 22.5. The molecule has 7 nitrogen and oxygen atoms in total. The molecule has 0 fully saturated rings. The van der Waals surface area contributed by atoms with E-state index < -0.39 is 0 Å². The molecule has 2 aromatic rings. The van der Waals surface area contributed by atoms with Crippen LogP contribution in [0.2, 0.25) is 0 Å². The van der Waals surface area contributed by atoms with E-state index in [1.54, 1.807) is 43.3 Å². The number of amides is 2. The summed E-state index contributed by atoms with van der Waals surface area (Å²) in [4.78, 5) is 29.2. The molecule has 164 valence electrons. The quantitative estimate of drug-likeness (QED) is 0.623. The summed E-state index contributed by atoms with van der Waals surface area (Å²) >= 11 is 0. The molecule has 2 aromatic carbocycles. The molecule has 0 aliphatic carbocycles. The first-order valence-corrected chi connectivity index (χ1v) is 10.1. The smallest absolute Gasteiger partial charge is 0.277 e. The van der Waals surface area contributed by atoms with Gasteiger partial charge >= 0.3 is 0 Å². The summed E-state index contributed by atoms with van der Waals surface area (Å²) < 4.78 is 10.8. The summed E-state index contributed by atoms with van der Waals surface area (Å²) in [6.45, 7) is 4.38. The zero-order valence-electron chi connectivity index (χ0n) is 18.3. The molecule has 0 saturated heterocycles. The van der Waals surface area contributed by atoms with Gasteiger partial charge < -0.3 is 19.5 Å². The van der Waals surface area contributed by atoms with Gasteiger partial charge in [0.15, 0.2) is 0 Å². The predicted octanol–water partition coefficient (Wildman–Crippen LogP) is 2.40. The first-order chi connectivity index (χ1) is 14.9. The number of aliphatic hydroxyl groups excluding tert-OH is 1. The number of hydrogen-bond donors (Lipinski definition) is 1. The summed E-state index contributed by atoms with van der Waals surface area (Å²) in [7, 11) is 3.29. The molecule has 31 heavy (non-hydrogen) atoms. The summed E-state index contributed by atoms with van der Waals surface area (Å²) in [5.41, 5.74) is 3.49. The maximum absolute atomic E-state index is 13.2. The standard InChI is InChI=1S/C24H28N2O5/c1-16-5-6-18(15-17(16)2)21-22(25(3)11-13-27)24(29)26(23(21)28)12-14-31-20-9-7-19(30-4)8-10-20/h5-10,15,27H,11-14H2,1-4H3. The van der Waals surface area contributed by atoms with E-state index in [-0.39, 0.29) is 38.1 Å². The van der Waals surface area contributed by atoms with Gasteiger partial charge in [-0.2, -0.15) is 0 Å². The van der Waals surface area contributed by atoms with E-state index in [2.05, 4.69) is 0 Å². The van der Waals surface area contributed by atoms with E-state index in [0.29, 0.717) is 22.6 Å². The third kappa shape index (κ3) is 4.72. The van der Waals surface area contributed by atoms with Crippen LogP contribution in [0.1, 0.15) is 16.7 Å². The summed E-state index contributed by atoms with van der Waals surface area (Å²) in [5.74, 6) is 0.606. The Morgan fingerprint density at radius 3 is 2.26 bits per heavy atom. The van der Waals surface area contributed by atoms with Crippen LogP contribution in [0, 0.1) is 13.8 Å². The molecule has 1 aliphatic rings. The first-order valence-electron chi connectivity index (χ1n) is 10.1. The second-order valence-electron chi connectivity index (χ2n) is 7.45. The molecule has 3 rings (SSSR count). The molecular formula is C24H28N2O5. The van der Waals surface area contributed by atoms with Crippen LogP contribution < -0.4 is 9.47 Å². The lowest BCUT2D eigenvalue weighted by Crippen LogP contribution is -2.37. The van der Waals surface area contributed by atoms with Gasteiger partial charge in [0.2, 0.25) is 0 Å². The number of carbonyl (C=O) groups is 2. The van der Waals surface area contributed by atoms with Crippen molar-refractivity contribution in [2.75, 3.05) is 40.5 Å². The minimum Gasteiger partial charge on any atom is -0.497 e. The van der Waals surface area contributed by atoms with Crippen LogP contribution in [0.25, 0.3) is 5.57 Å². The number of imide groups is 1. The fraction of sp³-hybridized carbons (Fsp3) is 0.333. The van der Waals surface area contributed by atoms with Crippen LogP contribution in [0.15, 0.2) is 48.2 Å². The fourth-order valence-corrected chi connectivity index (χ4v) is 3.47. The first kappa shape index (κ1) is 22.4. The van der Waals surface area contributed by atoms with Crippen LogP contribution in [-0.2, 0) is 9.59 Å². The average Bonchev–Trinajstić information content (AvgIpc) is 3.01. The zero-order valence-corrected chi connectivity index (χ0v) is 18.3. The van der Waals surface area contributed by atoms with E-state index in [9.17, 15) is 14.7 Å². The van der Waals surface area contributed by atoms with Crippen molar-refractivity contribution in [3.8, 4) is 11.5 Å². The minimum atomic E-state index is -0.382. The Balaban J connectivity index is 1.81. The number of nitrogens with zero attached hydrogens (tertiary/aromatic N) is 2. The highest BCUT2D eigenvalue weighted by atomic mass is 16.5. The van der Waals surface area contributed by atoms with E-state index >= 15 is 0 Å². The Labute approximate surface area is 182 Å². The predicted molar refractivity (Wildman–Crippen MR) is 118 cm³/mol. The Morgan fingerprint density at radius 2 is 1.65 bits per heavy atom. The van der Waals surface area contributed by atoms with Crippen molar-refractivity contribution >= 4 is 17.4 Å². The molecule has 0 aromatic heterocycles. The lowest BCUT2D eigenvalue weighted by molar-refractivity contribution is -0.137. The molecule has 0 unspecified atom stereocenters. The van der Waals surface area contributed by atoms with E-state index in [4.69, 9.17) is 9.47 Å². The van der Waals surface area contributed by atoms with Crippen molar-refractivity contribution in [3.63, 3.8) is 0 Å². The van der Waals surface area contributed by atoms with Gasteiger partial charge in [0, 0.05) is 13.6 Å². The van der Waals surface area contributed by atoms with Crippen LogP contribution in [0.3, 0.4) is 0 Å². The molecule has 0 bridgehead atoms. The highest BCUT2D eigenvalue weighted by molar-refractivity contribution is 6.35. The van der Waals surface area contributed by atoms with E-state index in [1.807, 2.05) is 32.0 Å². The molecule has 0 spiro atoms. The van der Waals surface area contributed by atoms with Gasteiger partial charge in [-0.3, -0.25) is 14.5 Å². The van der Waals surface area contributed by atoms with Crippen molar-refractivity contribution < 1.29 is 24.2 Å². The molecule has 1 N–H and O–H groups in total. The van der Waals surface area contributed by atoms with Gasteiger partial charge in [0.1, 0.15) is 23.8 Å². The monoisotopic (exact) mass is 424 g/mol. The maximum atomic E-state index is 13.2. The third-order valence-electron chi connectivity index (χ3n) is 5.40. The Bertz CT molecular complexity index is 998. The van der Waals surface area contributed by atoms with Gasteiger partial charge in [-0.15, -0.1) is 0 Å². The second-order valence-corrected chi connectivity index (χ2v) is 7.45. The number of aliphatic hydroxyl groups is 1. The fourth-order valence-electron chi connectivity index (χ4n) is 3.47. The summed E-state index contributed by atoms with van der Waals surface area (Å²) in [6, 6.07) is 12.8. The molecule has 1 heterocycles. The van der Waals surface area contributed by atoms with Crippen molar-refractivity contribution in [3.05, 3.63) is 64.9 Å². The number of benzene rings is 2. The van der Waals surface area contributed by atoms with E-state index in [0.717, 1.165) is 16.9 Å². The lowest BCUT2D eigenvalue weighted by atomic mass is 9.99. The number of ether oxygens (including phenoxy) is 2. The summed E-state index contributed by atoms with van der Waals surface area (Å²) in [5, 5.41) is 9.35.